The fraction of sp³-hybridized carbons (Fsp3) is 0.176. The molecule has 3 aliphatic rings. The first-order valence-electron chi connectivity index (χ1n) is 13.1. The average molecular weight is 514 g/mol. The van der Waals surface area contributed by atoms with Gasteiger partial charge >= 0.3 is 0 Å². The van der Waals surface area contributed by atoms with Crippen molar-refractivity contribution in [2.45, 2.75) is 43.2 Å². The zero-order valence-corrected chi connectivity index (χ0v) is 22.0. The van der Waals surface area contributed by atoms with Crippen LogP contribution in [-0.4, -0.2) is 12.7 Å². The number of rotatable bonds is 3. The van der Waals surface area contributed by atoms with Crippen molar-refractivity contribution in [3.63, 3.8) is 0 Å². The van der Waals surface area contributed by atoms with Crippen LogP contribution in [0.5, 0.6) is 0 Å². The smallest absolute Gasteiger partial charge is 0.207 e. The molecule has 2 atom stereocenters. The summed E-state index contributed by atoms with van der Waals surface area (Å²) in [6.45, 7) is 2.69. The Labute approximate surface area is 224 Å². The lowest BCUT2D eigenvalue weighted by Gasteiger charge is -2.22. The van der Waals surface area contributed by atoms with E-state index >= 15 is 0 Å². The SMILES string of the molecule is Cc1ccc(S(=O)(=O)N2Cc3c(C#Cc4ccccc4)c(-c4ccccc4)c4c(c3C2)[C@@H]2C=C[C@H]4C2)cc1. The first kappa shape index (κ1) is 23.2. The maximum absolute atomic E-state index is 13.8. The lowest BCUT2D eigenvalue weighted by atomic mass is 9.80. The second kappa shape index (κ2) is 8.84. The summed E-state index contributed by atoms with van der Waals surface area (Å²) in [5.74, 6) is 7.61. The highest BCUT2D eigenvalue weighted by molar-refractivity contribution is 7.89. The third-order valence-electron chi connectivity index (χ3n) is 8.12. The number of aryl methyl sites for hydroxylation is 1. The molecule has 38 heavy (non-hydrogen) atoms. The van der Waals surface area contributed by atoms with Crippen LogP contribution >= 0.6 is 0 Å². The van der Waals surface area contributed by atoms with E-state index in [1.165, 1.54) is 16.7 Å². The van der Waals surface area contributed by atoms with Gasteiger partial charge in [-0.15, -0.1) is 0 Å². The molecule has 0 radical (unpaired) electrons. The summed E-state index contributed by atoms with van der Waals surface area (Å²) in [5, 5.41) is 0. The molecule has 0 amide bonds. The Hall–Kier alpha value is -3.91. The molecule has 4 aromatic carbocycles. The topological polar surface area (TPSA) is 37.4 Å². The van der Waals surface area contributed by atoms with Gasteiger partial charge in [0.05, 0.1) is 4.90 Å². The van der Waals surface area contributed by atoms with Crippen LogP contribution in [0.1, 0.15) is 57.2 Å². The normalized spacial score (nSPS) is 19.2. The van der Waals surface area contributed by atoms with Crippen molar-refractivity contribution in [3.8, 4) is 23.0 Å². The summed E-state index contributed by atoms with van der Waals surface area (Å²) >= 11 is 0. The van der Waals surface area contributed by atoms with E-state index in [1.807, 2.05) is 55.5 Å². The first-order valence-corrected chi connectivity index (χ1v) is 14.5. The molecule has 186 valence electrons. The molecule has 2 bridgehead atoms. The molecule has 0 aromatic heterocycles. The molecule has 0 saturated heterocycles. The monoisotopic (exact) mass is 513 g/mol. The molecule has 0 N–H and O–H groups in total. The summed E-state index contributed by atoms with van der Waals surface area (Å²) < 4.78 is 29.2. The second-order valence-corrected chi connectivity index (χ2v) is 12.4. The molecule has 0 unspecified atom stereocenters. The van der Waals surface area contributed by atoms with Gasteiger partial charge in [0, 0.05) is 41.6 Å². The van der Waals surface area contributed by atoms with Crippen LogP contribution < -0.4 is 0 Å². The van der Waals surface area contributed by atoms with Crippen molar-refractivity contribution in [2.75, 3.05) is 0 Å². The van der Waals surface area contributed by atoms with Gasteiger partial charge in [-0.2, -0.15) is 4.31 Å². The standard InChI is InChI=1S/C34H27NO2S/c1-23-12-17-28(18-13-23)38(36,37)35-21-30-29(19-14-24-8-4-2-5-9-24)32(25-10-6-3-7-11-25)34-27-16-15-26(20-27)33(34)31(30)22-35/h2-13,15-18,26-27H,20-22H2,1H3/t26-,27+/m1/s1. The van der Waals surface area contributed by atoms with Crippen LogP contribution in [0.4, 0.5) is 0 Å². The average Bonchev–Trinajstić information content (AvgIpc) is 3.68. The van der Waals surface area contributed by atoms with Gasteiger partial charge in [0.2, 0.25) is 10.0 Å². The zero-order valence-electron chi connectivity index (χ0n) is 21.2. The van der Waals surface area contributed by atoms with Crippen molar-refractivity contribution in [1.29, 1.82) is 0 Å². The molecular formula is C34H27NO2S. The van der Waals surface area contributed by atoms with Gasteiger partial charge in [-0.3, -0.25) is 0 Å². The van der Waals surface area contributed by atoms with E-state index in [0.29, 0.717) is 29.8 Å². The Bertz CT molecular complexity index is 1760. The second-order valence-electron chi connectivity index (χ2n) is 10.4. The Morgan fingerprint density at radius 1 is 0.737 bits per heavy atom. The fourth-order valence-corrected chi connectivity index (χ4v) is 7.70. The largest absolute Gasteiger partial charge is 0.243 e. The summed E-state index contributed by atoms with van der Waals surface area (Å²) in [4.78, 5) is 0.342. The van der Waals surface area contributed by atoms with Crippen molar-refractivity contribution in [2.24, 2.45) is 0 Å². The maximum Gasteiger partial charge on any atom is 0.243 e. The minimum atomic E-state index is -3.65. The van der Waals surface area contributed by atoms with Crippen LogP contribution in [0.25, 0.3) is 11.1 Å². The van der Waals surface area contributed by atoms with E-state index in [-0.39, 0.29) is 0 Å². The van der Waals surface area contributed by atoms with Crippen LogP contribution in [0.15, 0.2) is 102 Å². The predicted molar refractivity (Wildman–Crippen MR) is 151 cm³/mol. The lowest BCUT2D eigenvalue weighted by Crippen LogP contribution is -2.25. The van der Waals surface area contributed by atoms with E-state index in [0.717, 1.165) is 39.8 Å². The quantitative estimate of drug-likeness (QED) is 0.221. The van der Waals surface area contributed by atoms with Crippen molar-refractivity contribution in [1.82, 2.24) is 4.31 Å². The highest BCUT2D eigenvalue weighted by Crippen LogP contribution is 2.56. The van der Waals surface area contributed by atoms with Crippen LogP contribution in [-0.2, 0) is 23.1 Å². The van der Waals surface area contributed by atoms with Crippen LogP contribution in [0, 0.1) is 18.8 Å². The number of nitrogens with zero attached hydrogens (tertiary/aromatic N) is 1. The molecular weight excluding hydrogens is 486 g/mol. The van der Waals surface area contributed by atoms with Crippen molar-refractivity contribution >= 4 is 10.0 Å². The third-order valence-corrected chi connectivity index (χ3v) is 9.93. The van der Waals surface area contributed by atoms with Crippen molar-refractivity contribution in [3.05, 3.63) is 136 Å². The van der Waals surface area contributed by atoms with E-state index in [9.17, 15) is 8.42 Å². The molecule has 4 aromatic rings. The molecule has 0 fully saturated rings. The van der Waals surface area contributed by atoms with Gasteiger partial charge in [0.15, 0.2) is 0 Å². The van der Waals surface area contributed by atoms with Gasteiger partial charge < -0.3 is 0 Å². The van der Waals surface area contributed by atoms with Crippen molar-refractivity contribution < 1.29 is 8.42 Å². The maximum atomic E-state index is 13.8. The number of fused-ring (bicyclic) bond motifs is 7. The van der Waals surface area contributed by atoms with E-state index in [4.69, 9.17) is 0 Å². The summed E-state index contributed by atoms with van der Waals surface area (Å²) in [6, 6.07) is 27.7. The van der Waals surface area contributed by atoms with Gasteiger partial charge in [0.25, 0.3) is 0 Å². The summed E-state index contributed by atoms with van der Waals surface area (Å²) in [6.07, 6.45) is 5.70. The molecule has 0 spiro atoms. The van der Waals surface area contributed by atoms with Gasteiger partial charge in [-0.25, -0.2) is 8.42 Å². The van der Waals surface area contributed by atoms with Crippen LogP contribution in [0.2, 0.25) is 0 Å². The molecule has 1 heterocycles. The minimum Gasteiger partial charge on any atom is -0.207 e. The fourth-order valence-electron chi connectivity index (χ4n) is 6.32. The molecule has 2 aliphatic carbocycles. The van der Waals surface area contributed by atoms with E-state index in [2.05, 4.69) is 48.3 Å². The lowest BCUT2D eigenvalue weighted by molar-refractivity contribution is 0.431. The zero-order chi connectivity index (χ0) is 25.9. The Morgan fingerprint density at radius 2 is 1.37 bits per heavy atom. The van der Waals surface area contributed by atoms with E-state index in [1.54, 1.807) is 16.4 Å². The molecule has 7 rings (SSSR count). The number of sulfonamides is 1. The third kappa shape index (κ3) is 3.66. The minimum absolute atomic E-state index is 0.332. The number of allylic oxidation sites excluding steroid dienone is 2. The number of benzene rings is 4. The molecule has 0 saturated carbocycles. The number of hydrogen-bond acceptors (Lipinski definition) is 2. The molecule has 3 nitrogen and oxygen atoms in total. The highest BCUT2D eigenvalue weighted by Gasteiger charge is 2.43. The Morgan fingerprint density at radius 3 is 2.08 bits per heavy atom. The first-order chi connectivity index (χ1) is 18.5. The van der Waals surface area contributed by atoms with Gasteiger partial charge in [-0.05, 0) is 65.4 Å². The molecule has 1 aliphatic heterocycles. The Kier molecular flexibility index (Phi) is 5.40. The summed E-state index contributed by atoms with van der Waals surface area (Å²) in [5.41, 5.74) is 10.2. The summed E-state index contributed by atoms with van der Waals surface area (Å²) in [7, 11) is -3.65. The van der Waals surface area contributed by atoms with Gasteiger partial charge in [0.1, 0.15) is 0 Å². The number of hydrogen-bond donors (Lipinski definition) is 0. The molecule has 4 heteroatoms. The highest BCUT2D eigenvalue weighted by atomic mass is 32.2. The van der Waals surface area contributed by atoms with E-state index < -0.39 is 10.0 Å². The predicted octanol–water partition coefficient (Wildman–Crippen LogP) is 6.91. The van der Waals surface area contributed by atoms with Crippen LogP contribution in [0.3, 0.4) is 0 Å². The Balaban J connectivity index is 1.45. The van der Waals surface area contributed by atoms with Gasteiger partial charge in [-0.1, -0.05) is 90.2 Å².